The lowest BCUT2D eigenvalue weighted by molar-refractivity contribution is -0.136. The summed E-state index contributed by atoms with van der Waals surface area (Å²) in [4.78, 5) is 31.9. The molecule has 232 valence electrons. The molecule has 5 rings (SSSR count). The number of rotatable bonds is 10. The fraction of sp³-hybridized carbons (Fsp3) is 0.156. The number of nitrogens with zero attached hydrogens (tertiary/aromatic N) is 3. The van der Waals surface area contributed by atoms with Crippen molar-refractivity contribution in [3.05, 3.63) is 134 Å². The van der Waals surface area contributed by atoms with Crippen molar-refractivity contribution in [3.8, 4) is 0 Å². The van der Waals surface area contributed by atoms with Crippen LogP contribution in [-0.4, -0.2) is 41.6 Å². The van der Waals surface area contributed by atoms with Crippen LogP contribution in [0, 0.1) is 0 Å². The number of aromatic nitrogens is 1. The fourth-order valence-corrected chi connectivity index (χ4v) is 6.63. The third-order valence-electron chi connectivity index (χ3n) is 7.06. The molecule has 1 aliphatic heterocycles. The van der Waals surface area contributed by atoms with Gasteiger partial charge in [0.25, 0.3) is 5.91 Å². The molecule has 0 bridgehead atoms. The third-order valence-corrected chi connectivity index (χ3v) is 9.86. The predicted octanol–water partition coefficient (Wildman–Crippen LogP) is 6.90. The van der Waals surface area contributed by atoms with Crippen LogP contribution in [0.25, 0.3) is 6.08 Å². The number of carbonyl (C=O) groups excluding carboxylic acids is 2. The van der Waals surface area contributed by atoms with Gasteiger partial charge in [-0.2, -0.15) is 4.31 Å². The van der Waals surface area contributed by atoms with E-state index in [9.17, 15) is 18.0 Å². The van der Waals surface area contributed by atoms with E-state index < -0.39 is 21.9 Å². The molecule has 0 unspecified atom stereocenters. The smallest absolute Gasteiger partial charge is 0.340 e. The molecule has 0 aliphatic carbocycles. The number of benzene rings is 2. The molecule has 0 saturated heterocycles. The highest BCUT2D eigenvalue weighted by atomic mass is 35.5. The Bertz CT molecular complexity index is 1920. The topological polar surface area (TPSA) is 110 Å². The Hall–Kier alpha value is -3.93. The van der Waals surface area contributed by atoms with Gasteiger partial charge in [0.15, 0.2) is 0 Å². The molecular formula is C32H26Cl3N3O6S. The first-order valence-electron chi connectivity index (χ1n) is 13.5. The summed E-state index contributed by atoms with van der Waals surface area (Å²) in [5, 5.41) is 1.02. The molecule has 2 aromatic carbocycles. The van der Waals surface area contributed by atoms with Gasteiger partial charge in [-0.1, -0.05) is 46.9 Å². The molecule has 4 aromatic rings. The molecule has 1 aliphatic rings. The number of hydrogen-bond donors (Lipinski definition) is 0. The van der Waals surface area contributed by atoms with Gasteiger partial charge in [-0.25, -0.2) is 13.2 Å². The van der Waals surface area contributed by atoms with Gasteiger partial charge >= 0.3 is 5.97 Å². The van der Waals surface area contributed by atoms with Crippen molar-refractivity contribution >= 4 is 62.8 Å². The summed E-state index contributed by atoms with van der Waals surface area (Å²) >= 11 is 18.3. The summed E-state index contributed by atoms with van der Waals surface area (Å²) in [5.74, 6) is -0.558. The number of ether oxygens (including phenoxy) is 1. The molecule has 0 N–H and O–H groups in total. The average Bonchev–Trinajstić information content (AvgIpc) is 3.56. The first-order chi connectivity index (χ1) is 21.5. The summed E-state index contributed by atoms with van der Waals surface area (Å²) in [5.41, 5.74) is 2.00. The summed E-state index contributed by atoms with van der Waals surface area (Å²) in [6, 6.07) is 17.5. The van der Waals surface area contributed by atoms with Crippen molar-refractivity contribution in [2.45, 2.75) is 31.5 Å². The maximum absolute atomic E-state index is 13.8. The number of halogens is 3. The molecule has 1 amide bonds. The monoisotopic (exact) mass is 685 g/mol. The first kappa shape index (κ1) is 32.5. The van der Waals surface area contributed by atoms with Crippen molar-refractivity contribution in [3.63, 3.8) is 0 Å². The molecule has 0 spiro atoms. The highest BCUT2D eigenvalue weighted by Crippen LogP contribution is 2.33. The Labute approximate surface area is 275 Å². The third kappa shape index (κ3) is 7.16. The maximum Gasteiger partial charge on any atom is 0.340 e. The Kier molecular flexibility index (Phi) is 9.81. The van der Waals surface area contributed by atoms with Crippen molar-refractivity contribution in [2.24, 2.45) is 0 Å². The molecule has 0 fully saturated rings. The zero-order valence-electron chi connectivity index (χ0n) is 24.0. The van der Waals surface area contributed by atoms with Crippen LogP contribution >= 0.6 is 34.8 Å². The average molecular weight is 687 g/mol. The lowest BCUT2D eigenvalue weighted by Crippen LogP contribution is -2.30. The van der Waals surface area contributed by atoms with Crippen LogP contribution in [-0.2, 0) is 44.0 Å². The Morgan fingerprint density at radius 2 is 1.76 bits per heavy atom. The van der Waals surface area contributed by atoms with Crippen molar-refractivity contribution in [1.82, 2.24) is 14.2 Å². The van der Waals surface area contributed by atoms with E-state index >= 15 is 0 Å². The fourth-order valence-electron chi connectivity index (χ4n) is 4.79. The quantitative estimate of drug-likeness (QED) is 0.132. The highest BCUT2D eigenvalue weighted by molar-refractivity contribution is 7.89. The lowest BCUT2D eigenvalue weighted by atomic mass is 10.1. The number of methoxy groups -OCH3 is 1. The van der Waals surface area contributed by atoms with Crippen LogP contribution in [0.1, 0.15) is 29.6 Å². The minimum Gasteiger partial charge on any atom is -0.465 e. The van der Waals surface area contributed by atoms with Gasteiger partial charge in [0.2, 0.25) is 10.0 Å². The molecule has 13 heteroatoms. The van der Waals surface area contributed by atoms with E-state index in [0.29, 0.717) is 21.3 Å². The Morgan fingerprint density at radius 1 is 1.00 bits per heavy atom. The van der Waals surface area contributed by atoms with Crippen LogP contribution < -0.4 is 0 Å². The highest BCUT2D eigenvalue weighted by Gasteiger charge is 2.37. The van der Waals surface area contributed by atoms with Gasteiger partial charge in [-0.3, -0.25) is 9.78 Å². The van der Waals surface area contributed by atoms with Crippen LogP contribution in [0.4, 0.5) is 0 Å². The molecule has 3 heterocycles. The van der Waals surface area contributed by atoms with E-state index in [1.165, 1.54) is 46.7 Å². The Morgan fingerprint density at radius 3 is 2.42 bits per heavy atom. The molecule has 2 aromatic heterocycles. The molecule has 0 atom stereocenters. The largest absolute Gasteiger partial charge is 0.465 e. The minimum atomic E-state index is -4.04. The molecule has 0 radical (unpaired) electrons. The Balaban J connectivity index is 1.46. The van der Waals surface area contributed by atoms with Crippen LogP contribution in [0.2, 0.25) is 15.1 Å². The molecular weight excluding hydrogens is 661 g/mol. The normalized spacial score (nSPS) is 14.6. The van der Waals surface area contributed by atoms with Crippen molar-refractivity contribution in [1.29, 1.82) is 0 Å². The zero-order chi connectivity index (χ0) is 32.3. The molecule has 45 heavy (non-hydrogen) atoms. The van der Waals surface area contributed by atoms with E-state index in [4.69, 9.17) is 44.0 Å². The van der Waals surface area contributed by atoms with Crippen LogP contribution in [0.3, 0.4) is 0 Å². The van der Waals surface area contributed by atoms with E-state index in [1.807, 2.05) is 6.07 Å². The van der Waals surface area contributed by atoms with Crippen LogP contribution in [0.5, 0.6) is 0 Å². The number of allylic oxidation sites excluding steroid dienone is 1. The SMILES string of the molecule is COC(=O)C1=C(C)N(Cc2cccnc2)C(=O)/C1=C/c1ccc(CN(Cc2ccc(Cl)c(Cl)c2)S(=O)(=O)c2ccc(Cl)cc2)o1. The lowest BCUT2D eigenvalue weighted by Gasteiger charge is -2.22. The van der Waals surface area contributed by atoms with E-state index in [-0.39, 0.29) is 52.2 Å². The molecule has 9 nitrogen and oxygen atoms in total. The van der Waals surface area contributed by atoms with Gasteiger partial charge < -0.3 is 14.1 Å². The number of carbonyl (C=O) groups is 2. The van der Waals surface area contributed by atoms with Gasteiger partial charge in [0.1, 0.15) is 11.5 Å². The van der Waals surface area contributed by atoms with E-state index in [0.717, 1.165) is 5.56 Å². The number of pyridine rings is 1. The van der Waals surface area contributed by atoms with Gasteiger partial charge in [0.05, 0.1) is 46.3 Å². The van der Waals surface area contributed by atoms with Crippen LogP contribution in [0.15, 0.2) is 105 Å². The number of sulfonamides is 1. The van der Waals surface area contributed by atoms with Gasteiger partial charge in [0, 0.05) is 29.7 Å². The summed E-state index contributed by atoms with van der Waals surface area (Å²) in [6.07, 6.45) is 4.71. The number of amides is 1. The van der Waals surface area contributed by atoms with E-state index in [2.05, 4.69) is 4.98 Å². The number of esters is 1. The predicted molar refractivity (Wildman–Crippen MR) is 171 cm³/mol. The minimum absolute atomic E-state index is 0.0365. The van der Waals surface area contributed by atoms with Crippen molar-refractivity contribution < 1.29 is 27.2 Å². The first-order valence-corrected chi connectivity index (χ1v) is 16.1. The summed E-state index contributed by atoms with van der Waals surface area (Å²) in [7, 11) is -2.80. The second kappa shape index (κ2) is 13.6. The summed E-state index contributed by atoms with van der Waals surface area (Å²) in [6.45, 7) is 1.66. The number of hydrogen-bond acceptors (Lipinski definition) is 7. The standard InChI is InChI=1S/C32H26Cl3N3O6S/c1-20-30(32(40)43-2)27(31(39)38(20)18-22-4-3-13-36-16-22)15-24-8-9-25(44-24)19-37(17-21-5-12-28(34)29(35)14-21)45(41,42)26-10-6-23(33)7-11-26/h3-16H,17-19H2,1-2H3/b27-15+. The second-order valence-electron chi connectivity index (χ2n) is 10.0. The number of furan rings is 1. The van der Waals surface area contributed by atoms with Gasteiger partial charge in [-0.05, 0) is 78.7 Å². The summed E-state index contributed by atoms with van der Waals surface area (Å²) < 4.78 is 39.7. The van der Waals surface area contributed by atoms with E-state index in [1.54, 1.807) is 55.7 Å². The maximum atomic E-state index is 13.8. The van der Waals surface area contributed by atoms with Gasteiger partial charge in [-0.15, -0.1) is 0 Å². The second-order valence-corrected chi connectivity index (χ2v) is 13.2. The zero-order valence-corrected chi connectivity index (χ0v) is 27.1. The molecule has 0 saturated carbocycles. The van der Waals surface area contributed by atoms with Crippen molar-refractivity contribution in [2.75, 3.05) is 7.11 Å².